The number of aromatic nitrogens is 2. The van der Waals surface area contributed by atoms with Gasteiger partial charge in [0.1, 0.15) is 0 Å². The van der Waals surface area contributed by atoms with Gasteiger partial charge in [-0.1, -0.05) is 12.1 Å². The molecule has 1 aliphatic rings. The first-order chi connectivity index (χ1) is 10.1. The molecular weight excluding hydrogens is 260 g/mol. The van der Waals surface area contributed by atoms with Crippen molar-refractivity contribution >= 4 is 5.69 Å². The molecule has 1 aliphatic carbocycles. The van der Waals surface area contributed by atoms with E-state index in [1.54, 1.807) is 0 Å². The second-order valence-corrected chi connectivity index (χ2v) is 6.19. The number of nitrogens with one attached hydrogen (secondary N) is 1. The lowest BCUT2D eigenvalue weighted by atomic mass is 9.93. The fourth-order valence-electron chi connectivity index (χ4n) is 3.13. The van der Waals surface area contributed by atoms with Crippen molar-refractivity contribution in [2.24, 2.45) is 7.05 Å². The van der Waals surface area contributed by atoms with Crippen LogP contribution in [0.25, 0.3) is 0 Å². The summed E-state index contributed by atoms with van der Waals surface area (Å²) in [6.45, 7) is 0.983. The van der Waals surface area contributed by atoms with Crippen LogP contribution in [0.4, 0.5) is 5.69 Å². The van der Waals surface area contributed by atoms with Crippen molar-refractivity contribution in [1.29, 1.82) is 0 Å². The number of hydrogen-bond acceptors (Lipinski definition) is 3. The van der Waals surface area contributed by atoms with E-state index in [4.69, 9.17) is 0 Å². The van der Waals surface area contributed by atoms with Crippen LogP contribution in [0.1, 0.15) is 35.7 Å². The Morgan fingerprint density at radius 1 is 1.29 bits per heavy atom. The van der Waals surface area contributed by atoms with E-state index < -0.39 is 0 Å². The molecule has 0 bridgehead atoms. The lowest BCUT2D eigenvalue weighted by molar-refractivity contribution is 0.402. The van der Waals surface area contributed by atoms with E-state index in [-0.39, 0.29) is 0 Å². The first-order valence-electron chi connectivity index (χ1n) is 7.64. The molecule has 1 atom stereocenters. The summed E-state index contributed by atoms with van der Waals surface area (Å²) in [5, 5.41) is 8.07. The minimum absolute atomic E-state index is 0.391. The van der Waals surface area contributed by atoms with Crippen molar-refractivity contribution in [1.82, 2.24) is 14.7 Å². The van der Waals surface area contributed by atoms with Gasteiger partial charge in [0.15, 0.2) is 0 Å². The van der Waals surface area contributed by atoms with Gasteiger partial charge in [-0.25, -0.2) is 0 Å². The summed E-state index contributed by atoms with van der Waals surface area (Å²) >= 11 is 0. The number of nitrogens with zero attached hydrogens (tertiary/aromatic N) is 3. The lowest BCUT2D eigenvalue weighted by Gasteiger charge is -2.25. The number of benzene rings is 1. The van der Waals surface area contributed by atoms with Gasteiger partial charge < -0.3 is 10.2 Å². The molecule has 4 nitrogen and oxygen atoms in total. The van der Waals surface area contributed by atoms with Crippen molar-refractivity contribution in [2.75, 3.05) is 19.4 Å². The second kappa shape index (κ2) is 5.90. The number of fused-ring (bicyclic) bond motifs is 1. The first kappa shape index (κ1) is 14.1. The van der Waals surface area contributed by atoms with Crippen molar-refractivity contribution in [2.45, 2.75) is 31.8 Å². The van der Waals surface area contributed by atoms with Crippen LogP contribution in [0.5, 0.6) is 0 Å². The Morgan fingerprint density at radius 2 is 2.05 bits per heavy atom. The number of aryl methyl sites for hydroxylation is 1. The quantitative estimate of drug-likeness (QED) is 0.937. The molecule has 1 aromatic heterocycles. The molecule has 0 saturated carbocycles. The van der Waals surface area contributed by atoms with E-state index in [0.717, 1.165) is 13.0 Å². The Morgan fingerprint density at radius 3 is 2.76 bits per heavy atom. The molecule has 1 unspecified atom stereocenters. The van der Waals surface area contributed by atoms with Crippen molar-refractivity contribution in [3.63, 3.8) is 0 Å². The maximum atomic E-state index is 4.41. The molecule has 0 radical (unpaired) electrons. The molecule has 4 heteroatoms. The fraction of sp³-hybridized carbons (Fsp3) is 0.471. The van der Waals surface area contributed by atoms with Gasteiger partial charge in [0.2, 0.25) is 0 Å². The Labute approximate surface area is 126 Å². The Kier molecular flexibility index (Phi) is 3.97. The zero-order chi connectivity index (χ0) is 14.8. The van der Waals surface area contributed by atoms with Gasteiger partial charge in [0, 0.05) is 30.5 Å². The van der Waals surface area contributed by atoms with E-state index in [1.807, 2.05) is 17.9 Å². The predicted octanol–water partition coefficient (Wildman–Crippen LogP) is 2.97. The van der Waals surface area contributed by atoms with E-state index in [1.165, 1.54) is 35.3 Å². The molecule has 21 heavy (non-hydrogen) atoms. The lowest BCUT2D eigenvalue weighted by Crippen LogP contribution is -2.17. The summed E-state index contributed by atoms with van der Waals surface area (Å²) in [4.78, 5) is 2.19. The summed E-state index contributed by atoms with van der Waals surface area (Å²) < 4.78 is 2.02. The normalized spacial score (nSPS) is 17.8. The molecule has 1 N–H and O–H groups in total. The van der Waals surface area contributed by atoms with Crippen LogP contribution < -0.4 is 5.32 Å². The summed E-state index contributed by atoms with van der Waals surface area (Å²) in [5.41, 5.74) is 5.28. The van der Waals surface area contributed by atoms with Crippen molar-refractivity contribution < 1.29 is 0 Å². The van der Waals surface area contributed by atoms with Crippen LogP contribution in [0.2, 0.25) is 0 Å². The number of hydrogen-bond donors (Lipinski definition) is 1. The molecule has 0 amide bonds. The zero-order valence-electron chi connectivity index (χ0n) is 13.1. The van der Waals surface area contributed by atoms with Gasteiger partial charge in [-0.2, -0.15) is 5.10 Å². The van der Waals surface area contributed by atoms with Gasteiger partial charge in [-0.3, -0.25) is 4.68 Å². The number of rotatable bonds is 4. The zero-order valence-corrected chi connectivity index (χ0v) is 13.1. The highest BCUT2D eigenvalue weighted by molar-refractivity contribution is 5.47. The SMILES string of the molecule is CN(C)Cc1ccc(NC2CCCc3c2cnn3C)cc1. The van der Waals surface area contributed by atoms with Gasteiger partial charge >= 0.3 is 0 Å². The highest BCUT2D eigenvalue weighted by atomic mass is 15.3. The van der Waals surface area contributed by atoms with Crippen LogP contribution in [0.3, 0.4) is 0 Å². The summed E-state index contributed by atoms with van der Waals surface area (Å²) in [6.07, 6.45) is 5.57. The topological polar surface area (TPSA) is 33.1 Å². The third-order valence-electron chi connectivity index (χ3n) is 4.17. The van der Waals surface area contributed by atoms with Crippen molar-refractivity contribution in [3.05, 3.63) is 47.3 Å². The minimum atomic E-state index is 0.391. The maximum absolute atomic E-state index is 4.41. The third-order valence-corrected chi connectivity index (χ3v) is 4.17. The number of anilines is 1. The third kappa shape index (κ3) is 3.10. The average Bonchev–Trinajstić information content (AvgIpc) is 2.83. The van der Waals surface area contributed by atoms with Gasteiger partial charge in [-0.15, -0.1) is 0 Å². The largest absolute Gasteiger partial charge is 0.378 e. The second-order valence-electron chi connectivity index (χ2n) is 6.19. The molecule has 0 aliphatic heterocycles. The van der Waals surface area contributed by atoms with Crippen LogP contribution in [0.15, 0.2) is 30.5 Å². The van der Waals surface area contributed by atoms with Crippen LogP contribution in [0, 0.1) is 0 Å². The van der Waals surface area contributed by atoms with Crippen LogP contribution in [-0.4, -0.2) is 28.8 Å². The average molecular weight is 284 g/mol. The molecule has 1 aromatic carbocycles. The van der Waals surface area contributed by atoms with Gasteiger partial charge in [-0.05, 0) is 51.1 Å². The molecule has 112 valence electrons. The van der Waals surface area contributed by atoms with E-state index in [9.17, 15) is 0 Å². The standard InChI is InChI=1S/C17H24N4/c1-20(2)12-13-7-9-14(10-8-13)19-16-5-4-6-17-15(16)11-18-21(17)3/h7-11,16,19H,4-6,12H2,1-3H3. The Hall–Kier alpha value is -1.81. The first-order valence-corrected chi connectivity index (χ1v) is 7.64. The minimum Gasteiger partial charge on any atom is -0.378 e. The van der Waals surface area contributed by atoms with Crippen LogP contribution in [-0.2, 0) is 20.0 Å². The summed E-state index contributed by atoms with van der Waals surface area (Å²) in [5.74, 6) is 0. The van der Waals surface area contributed by atoms with Gasteiger partial charge in [0.05, 0.1) is 12.2 Å². The monoisotopic (exact) mass is 284 g/mol. The summed E-state index contributed by atoms with van der Waals surface area (Å²) in [7, 11) is 6.23. The van der Waals surface area contributed by atoms with E-state index in [0.29, 0.717) is 6.04 Å². The predicted molar refractivity (Wildman–Crippen MR) is 86.3 cm³/mol. The molecule has 3 rings (SSSR count). The van der Waals surface area contributed by atoms with Crippen molar-refractivity contribution in [3.8, 4) is 0 Å². The highest BCUT2D eigenvalue weighted by Crippen LogP contribution is 2.32. The fourth-order valence-corrected chi connectivity index (χ4v) is 3.13. The smallest absolute Gasteiger partial charge is 0.0547 e. The van der Waals surface area contributed by atoms with Crippen LogP contribution >= 0.6 is 0 Å². The van der Waals surface area contributed by atoms with E-state index >= 15 is 0 Å². The highest BCUT2D eigenvalue weighted by Gasteiger charge is 2.23. The Bertz CT molecular complexity index is 598. The summed E-state index contributed by atoms with van der Waals surface area (Å²) in [6, 6.07) is 9.17. The maximum Gasteiger partial charge on any atom is 0.0547 e. The molecule has 0 saturated heterocycles. The molecule has 0 spiro atoms. The van der Waals surface area contributed by atoms with Gasteiger partial charge in [0.25, 0.3) is 0 Å². The molecular formula is C17H24N4. The molecule has 1 heterocycles. The van der Waals surface area contributed by atoms with E-state index in [2.05, 4.69) is 53.7 Å². The molecule has 0 fully saturated rings. The molecule has 2 aromatic rings. The Balaban J connectivity index is 1.72.